The van der Waals surface area contributed by atoms with Gasteiger partial charge >= 0.3 is 0 Å². The van der Waals surface area contributed by atoms with E-state index in [1.165, 1.54) is 5.56 Å². The number of nitrogens with zero attached hydrogens (tertiary/aromatic N) is 2. The molecule has 0 radical (unpaired) electrons. The lowest BCUT2D eigenvalue weighted by molar-refractivity contribution is 0.0304. The van der Waals surface area contributed by atoms with E-state index >= 15 is 0 Å². The molecule has 0 aliphatic carbocycles. The van der Waals surface area contributed by atoms with Gasteiger partial charge in [-0.2, -0.15) is 0 Å². The average molecular weight is 175 g/mol. The van der Waals surface area contributed by atoms with Gasteiger partial charge in [-0.3, -0.25) is 5.01 Å². The van der Waals surface area contributed by atoms with E-state index in [0.29, 0.717) is 0 Å². The van der Waals surface area contributed by atoms with E-state index in [4.69, 9.17) is 0 Å². The smallest absolute Gasteiger partial charge is 0.0608 e. The van der Waals surface area contributed by atoms with Crippen LogP contribution in [0.3, 0.4) is 0 Å². The summed E-state index contributed by atoms with van der Waals surface area (Å²) in [5.74, 6) is 0. The van der Waals surface area contributed by atoms with Gasteiger partial charge in [0.2, 0.25) is 0 Å². The predicted octanol–water partition coefficient (Wildman–Crippen LogP) is 1.32. The summed E-state index contributed by atoms with van der Waals surface area (Å²) in [5.41, 5.74) is 4.38. The molecule has 1 heterocycles. The van der Waals surface area contributed by atoms with Crippen LogP contribution in [0.4, 0.5) is 0 Å². The van der Waals surface area contributed by atoms with Crippen LogP contribution in [0.15, 0.2) is 42.7 Å². The van der Waals surface area contributed by atoms with Crippen LogP contribution < -0.4 is 5.43 Å². The highest BCUT2D eigenvalue weighted by Crippen LogP contribution is 2.08. The number of rotatable bonds is 2. The molecular weight excluding hydrogens is 162 g/mol. The predicted molar refractivity (Wildman–Crippen MR) is 52.0 cm³/mol. The molecular formula is C10H13N3. The van der Waals surface area contributed by atoms with Crippen molar-refractivity contribution in [1.82, 2.24) is 15.6 Å². The summed E-state index contributed by atoms with van der Waals surface area (Å²) in [5, 5.41) is 4.06. The Bertz CT molecular complexity index is 294. The van der Waals surface area contributed by atoms with E-state index in [9.17, 15) is 0 Å². The Morgan fingerprint density at radius 2 is 2.00 bits per heavy atom. The standard InChI is InChI=1S/C10H13N3/c1-12-11-7-8-13(12)9-10-5-3-2-4-6-10/h2-8,11H,9H2,1H3. The van der Waals surface area contributed by atoms with E-state index in [1.807, 2.05) is 30.6 Å². The second-order valence-electron chi connectivity index (χ2n) is 3.05. The summed E-state index contributed by atoms with van der Waals surface area (Å²) >= 11 is 0. The SMILES string of the molecule is CN1NC=CN1Cc1ccccc1. The Morgan fingerprint density at radius 3 is 2.62 bits per heavy atom. The second kappa shape index (κ2) is 3.49. The fraction of sp³-hybridized carbons (Fsp3) is 0.200. The molecule has 0 saturated carbocycles. The number of benzene rings is 1. The summed E-state index contributed by atoms with van der Waals surface area (Å²) in [6.07, 6.45) is 3.94. The molecule has 0 atom stereocenters. The third-order valence-corrected chi connectivity index (χ3v) is 2.08. The third-order valence-electron chi connectivity index (χ3n) is 2.08. The van der Waals surface area contributed by atoms with Crippen molar-refractivity contribution in [2.24, 2.45) is 0 Å². The van der Waals surface area contributed by atoms with Gasteiger partial charge in [0.15, 0.2) is 0 Å². The van der Waals surface area contributed by atoms with Gasteiger partial charge in [-0.25, -0.2) is 0 Å². The lowest BCUT2D eigenvalue weighted by Crippen LogP contribution is -2.37. The second-order valence-corrected chi connectivity index (χ2v) is 3.05. The molecule has 1 N–H and O–H groups in total. The van der Waals surface area contributed by atoms with Gasteiger partial charge in [0.1, 0.15) is 0 Å². The van der Waals surface area contributed by atoms with Crippen molar-refractivity contribution in [3.63, 3.8) is 0 Å². The minimum Gasteiger partial charge on any atom is -0.307 e. The molecule has 0 saturated heterocycles. The Labute approximate surface area is 78.2 Å². The van der Waals surface area contributed by atoms with Gasteiger partial charge in [-0.05, 0) is 5.56 Å². The molecule has 13 heavy (non-hydrogen) atoms. The molecule has 1 aliphatic heterocycles. The molecule has 3 nitrogen and oxygen atoms in total. The molecule has 1 aliphatic rings. The zero-order chi connectivity index (χ0) is 9.10. The van der Waals surface area contributed by atoms with Gasteiger partial charge in [-0.1, -0.05) is 30.3 Å². The first-order valence-corrected chi connectivity index (χ1v) is 4.33. The topological polar surface area (TPSA) is 18.5 Å². The summed E-state index contributed by atoms with van der Waals surface area (Å²) < 4.78 is 0. The van der Waals surface area contributed by atoms with Crippen LogP contribution in [-0.2, 0) is 6.54 Å². The molecule has 0 unspecified atom stereocenters. The van der Waals surface area contributed by atoms with Gasteiger partial charge in [0, 0.05) is 19.4 Å². The molecule has 2 rings (SSSR count). The van der Waals surface area contributed by atoms with Gasteiger partial charge in [-0.15, -0.1) is 5.12 Å². The van der Waals surface area contributed by atoms with Crippen LogP contribution in [0.25, 0.3) is 0 Å². The maximum atomic E-state index is 3.07. The third kappa shape index (κ3) is 1.81. The monoisotopic (exact) mass is 175 g/mol. The molecule has 3 heteroatoms. The highest BCUT2D eigenvalue weighted by Gasteiger charge is 2.09. The molecule has 1 aromatic rings. The van der Waals surface area contributed by atoms with Crippen molar-refractivity contribution in [2.45, 2.75) is 6.54 Å². The highest BCUT2D eigenvalue weighted by atomic mass is 15.8. The Hall–Kier alpha value is -1.48. The molecule has 68 valence electrons. The largest absolute Gasteiger partial charge is 0.307 e. The summed E-state index contributed by atoms with van der Waals surface area (Å²) in [6, 6.07) is 10.4. The molecule has 0 spiro atoms. The average Bonchev–Trinajstić information content (AvgIpc) is 2.54. The summed E-state index contributed by atoms with van der Waals surface area (Å²) in [7, 11) is 1.99. The quantitative estimate of drug-likeness (QED) is 0.731. The molecule has 0 fully saturated rings. The van der Waals surface area contributed by atoms with Crippen molar-refractivity contribution in [3.8, 4) is 0 Å². The normalized spacial score (nSPS) is 16.2. The van der Waals surface area contributed by atoms with Gasteiger partial charge in [0.25, 0.3) is 0 Å². The van der Waals surface area contributed by atoms with Crippen molar-refractivity contribution < 1.29 is 0 Å². The molecule has 1 aromatic carbocycles. The van der Waals surface area contributed by atoms with Crippen LogP contribution in [0, 0.1) is 0 Å². The molecule has 0 amide bonds. The zero-order valence-electron chi connectivity index (χ0n) is 7.64. The van der Waals surface area contributed by atoms with E-state index < -0.39 is 0 Å². The maximum Gasteiger partial charge on any atom is 0.0608 e. The van der Waals surface area contributed by atoms with E-state index in [2.05, 4.69) is 34.7 Å². The minimum absolute atomic E-state index is 0.904. The van der Waals surface area contributed by atoms with Crippen LogP contribution in [-0.4, -0.2) is 17.2 Å². The Kier molecular flexibility index (Phi) is 2.19. The lowest BCUT2D eigenvalue weighted by atomic mass is 10.2. The first-order valence-electron chi connectivity index (χ1n) is 4.33. The van der Waals surface area contributed by atoms with Crippen LogP contribution in [0.2, 0.25) is 0 Å². The van der Waals surface area contributed by atoms with Crippen molar-refractivity contribution in [3.05, 3.63) is 48.3 Å². The first-order chi connectivity index (χ1) is 6.36. The fourth-order valence-electron chi connectivity index (χ4n) is 1.33. The van der Waals surface area contributed by atoms with Crippen LogP contribution in [0.5, 0.6) is 0 Å². The van der Waals surface area contributed by atoms with Gasteiger partial charge in [0.05, 0.1) is 6.54 Å². The molecule has 0 bridgehead atoms. The number of hydrogen-bond acceptors (Lipinski definition) is 3. The summed E-state index contributed by atoms with van der Waals surface area (Å²) in [4.78, 5) is 0. The van der Waals surface area contributed by atoms with Crippen molar-refractivity contribution >= 4 is 0 Å². The number of hydrazine groups is 2. The Morgan fingerprint density at radius 1 is 1.23 bits per heavy atom. The first kappa shape index (κ1) is 8.13. The van der Waals surface area contributed by atoms with Crippen LogP contribution >= 0.6 is 0 Å². The van der Waals surface area contributed by atoms with Crippen molar-refractivity contribution in [1.29, 1.82) is 0 Å². The summed E-state index contributed by atoms with van der Waals surface area (Å²) in [6.45, 7) is 0.904. The zero-order valence-corrected chi connectivity index (χ0v) is 7.64. The van der Waals surface area contributed by atoms with Crippen molar-refractivity contribution in [2.75, 3.05) is 7.05 Å². The van der Waals surface area contributed by atoms with E-state index in [-0.39, 0.29) is 0 Å². The lowest BCUT2D eigenvalue weighted by Gasteiger charge is -2.24. The van der Waals surface area contributed by atoms with E-state index in [0.717, 1.165) is 6.54 Å². The fourth-order valence-corrected chi connectivity index (χ4v) is 1.33. The Balaban J connectivity index is 2.02. The highest BCUT2D eigenvalue weighted by molar-refractivity contribution is 5.14. The maximum absolute atomic E-state index is 3.07. The number of hydrogen-bond donors (Lipinski definition) is 1. The van der Waals surface area contributed by atoms with Crippen LogP contribution in [0.1, 0.15) is 5.56 Å². The molecule has 0 aromatic heterocycles. The minimum atomic E-state index is 0.904. The number of nitrogens with one attached hydrogen (secondary N) is 1. The van der Waals surface area contributed by atoms with E-state index in [1.54, 1.807) is 0 Å². The van der Waals surface area contributed by atoms with Gasteiger partial charge < -0.3 is 5.43 Å².